The number of benzene rings is 1. The molecule has 0 N–H and O–H groups in total. The molecule has 0 spiro atoms. The molecular formula is C14H24Si. The molecule has 84 valence electrons. The van der Waals surface area contributed by atoms with Gasteiger partial charge in [-0.25, -0.2) is 0 Å². The highest BCUT2D eigenvalue weighted by molar-refractivity contribution is 6.35. The lowest BCUT2D eigenvalue weighted by atomic mass is 10.2. The maximum Gasteiger partial charge on any atom is 0.0201 e. The quantitative estimate of drug-likeness (QED) is 0.461. The zero-order chi connectivity index (χ0) is 10.8. The Bertz CT molecular complexity index is 230. The molecule has 15 heavy (non-hydrogen) atoms. The van der Waals surface area contributed by atoms with Gasteiger partial charge in [-0.15, -0.1) is 0 Å². The van der Waals surface area contributed by atoms with Crippen LogP contribution >= 0.6 is 0 Å². The Kier molecular flexibility index (Phi) is 7.27. The van der Waals surface area contributed by atoms with E-state index < -0.39 is 0 Å². The summed E-state index contributed by atoms with van der Waals surface area (Å²) in [6, 6.07) is 14.0. The predicted octanol–water partition coefficient (Wildman–Crippen LogP) is 3.81. The lowest BCUT2D eigenvalue weighted by Crippen LogP contribution is -1.93. The average Bonchev–Trinajstić information content (AvgIpc) is 2.29. The largest absolute Gasteiger partial charge is 0.0654 e. The van der Waals surface area contributed by atoms with Gasteiger partial charge in [0.05, 0.1) is 0 Å². The molecule has 0 fully saturated rings. The minimum atomic E-state index is 0.240. The van der Waals surface area contributed by atoms with E-state index in [4.69, 9.17) is 0 Å². The topological polar surface area (TPSA) is 0 Å². The molecule has 1 rings (SSSR count). The highest BCUT2D eigenvalue weighted by Gasteiger charge is 1.93. The van der Waals surface area contributed by atoms with Crippen molar-refractivity contribution in [2.45, 2.75) is 51.1 Å². The first-order valence-corrected chi connectivity index (χ1v) is 8.47. The molecule has 0 aliphatic carbocycles. The van der Waals surface area contributed by atoms with Crippen molar-refractivity contribution in [1.82, 2.24) is 0 Å². The zero-order valence-electron chi connectivity index (χ0n) is 10.0. The first-order chi connectivity index (χ1) is 7.43. The maximum absolute atomic E-state index is 2.28. The van der Waals surface area contributed by atoms with Crippen LogP contribution in [0.25, 0.3) is 0 Å². The van der Waals surface area contributed by atoms with Crippen LogP contribution in [0.3, 0.4) is 0 Å². The third-order valence-corrected chi connectivity index (χ3v) is 4.77. The number of aryl methyl sites for hydroxylation is 1. The van der Waals surface area contributed by atoms with Gasteiger partial charge in [0.1, 0.15) is 0 Å². The summed E-state index contributed by atoms with van der Waals surface area (Å²) in [5, 5.41) is 0. The zero-order valence-corrected chi connectivity index (χ0v) is 11.5. The Morgan fingerprint density at radius 3 is 2.47 bits per heavy atom. The fourth-order valence-corrected chi connectivity index (χ4v) is 3.65. The van der Waals surface area contributed by atoms with Crippen molar-refractivity contribution in [2.75, 3.05) is 0 Å². The Balaban J connectivity index is 1.93. The van der Waals surface area contributed by atoms with Gasteiger partial charge in [0.15, 0.2) is 0 Å². The van der Waals surface area contributed by atoms with E-state index >= 15 is 0 Å². The van der Waals surface area contributed by atoms with Crippen molar-refractivity contribution in [3.63, 3.8) is 0 Å². The van der Waals surface area contributed by atoms with Crippen LogP contribution in [0.2, 0.25) is 12.1 Å². The van der Waals surface area contributed by atoms with E-state index in [1.54, 1.807) is 6.04 Å². The van der Waals surface area contributed by atoms with Gasteiger partial charge in [-0.1, -0.05) is 75.0 Å². The third-order valence-electron chi connectivity index (χ3n) is 2.91. The lowest BCUT2D eigenvalue weighted by molar-refractivity contribution is 0.699. The molecule has 0 bridgehead atoms. The molecule has 0 saturated heterocycles. The van der Waals surface area contributed by atoms with Crippen LogP contribution in [-0.4, -0.2) is 9.52 Å². The van der Waals surface area contributed by atoms with E-state index in [2.05, 4.69) is 37.3 Å². The summed E-state index contributed by atoms with van der Waals surface area (Å²) in [5.74, 6) is 0. The van der Waals surface area contributed by atoms with Crippen LogP contribution in [0.15, 0.2) is 30.3 Å². The number of rotatable bonds is 8. The van der Waals surface area contributed by atoms with E-state index in [0.717, 1.165) is 0 Å². The summed E-state index contributed by atoms with van der Waals surface area (Å²) in [7, 11) is 0.240. The molecule has 0 nitrogen and oxygen atoms in total. The van der Waals surface area contributed by atoms with Crippen LogP contribution in [0.5, 0.6) is 0 Å². The molecule has 1 heteroatoms. The average molecular weight is 220 g/mol. The van der Waals surface area contributed by atoms with Crippen molar-refractivity contribution in [3.05, 3.63) is 35.9 Å². The molecule has 0 unspecified atom stereocenters. The van der Waals surface area contributed by atoms with Crippen molar-refractivity contribution in [3.8, 4) is 0 Å². The molecule has 0 saturated carbocycles. The van der Waals surface area contributed by atoms with E-state index in [1.165, 1.54) is 43.7 Å². The smallest absolute Gasteiger partial charge is 0.0201 e. The molecule has 1 aromatic carbocycles. The normalized spacial score (nSPS) is 11.3. The van der Waals surface area contributed by atoms with Gasteiger partial charge >= 0.3 is 0 Å². The number of unbranched alkanes of at least 4 members (excludes halogenated alkanes) is 3. The second kappa shape index (κ2) is 8.72. The number of hydrogen-bond donors (Lipinski definition) is 0. The molecule has 0 aliphatic rings. The molecule has 0 radical (unpaired) electrons. The summed E-state index contributed by atoms with van der Waals surface area (Å²) >= 11 is 0. The maximum atomic E-state index is 2.28. The molecule has 0 atom stereocenters. The van der Waals surface area contributed by atoms with Gasteiger partial charge in [-0.2, -0.15) is 0 Å². The Morgan fingerprint density at radius 1 is 0.933 bits per heavy atom. The van der Waals surface area contributed by atoms with Crippen LogP contribution in [0.1, 0.15) is 38.2 Å². The van der Waals surface area contributed by atoms with E-state index in [9.17, 15) is 0 Å². The molecular weight excluding hydrogens is 196 g/mol. The van der Waals surface area contributed by atoms with E-state index in [-0.39, 0.29) is 9.52 Å². The first-order valence-electron chi connectivity index (χ1n) is 6.47. The summed E-state index contributed by atoms with van der Waals surface area (Å²) in [6.45, 7) is 2.28. The third kappa shape index (κ3) is 6.51. The lowest BCUT2D eigenvalue weighted by Gasteiger charge is -2.01. The summed E-state index contributed by atoms with van der Waals surface area (Å²) in [4.78, 5) is 0. The fourth-order valence-electron chi connectivity index (χ4n) is 1.93. The summed E-state index contributed by atoms with van der Waals surface area (Å²) in [5.41, 5.74) is 1.53. The summed E-state index contributed by atoms with van der Waals surface area (Å²) in [6.07, 6.45) is 7.09. The minimum Gasteiger partial charge on any atom is -0.0654 e. The van der Waals surface area contributed by atoms with Crippen LogP contribution in [-0.2, 0) is 6.42 Å². The molecule has 0 aromatic heterocycles. The van der Waals surface area contributed by atoms with Crippen molar-refractivity contribution in [1.29, 1.82) is 0 Å². The van der Waals surface area contributed by atoms with Crippen molar-refractivity contribution < 1.29 is 0 Å². The predicted molar refractivity (Wildman–Crippen MR) is 72.4 cm³/mol. The second-order valence-corrected chi connectivity index (χ2v) is 6.48. The van der Waals surface area contributed by atoms with Crippen LogP contribution in [0, 0.1) is 0 Å². The molecule has 1 aromatic rings. The highest BCUT2D eigenvalue weighted by atomic mass is 28.2. The van der Waals surface area contributed by atoms with Crippen LogP contribution in [0.4, 0.5) is 0 Å². The van der Waals surface area contributed by atoms with Gasteiger partial charge < -0.3 is 0 Å². The Morgan fingerprint density at radius 2 is 1.73 bits per heavy atom. The SMILES string of the molecule is CCCCCC[SiH2]CCc1ccccc1. The number of hydrogen-bond acceptors (Lipinski definition) is 0. The first kappa shape index (κ1) is 12.5. The van der Waals surface area contributed by atoms with Crippen molar-refractivity contribution >= 4 is 9.52 Å². The molecule has 0 aliphatic heterocycles. The Labute approximate surface area is 96.9 Å². The molecule has 0 amide bonds. The highest BCUT2D eigenvalue weighted by Crippen LogP contribution is 2.06. The van der Waals surface area contributed by atoms with E-state index in [1.807, 2.05) is 0 Å². The monoisotopic (exact) mass is 220 g/mol. The van der Waals surface area contributed by atoms with E-state index in [0.29, 0.717) is 0 Å². The van der Waals surface area contributed by atoms with Gasteiger partial charge in [-0.05, 0) is 12.0 Å². The Hall–Kier alpha value is -0.563. The van der Waals surface area contributed by atoms with Gasteiger partial charge in [0.2, 0.25) is 0 Å². The standard InChI is InChI=1S/C14H24Si/c1-2-3-4-8-12-15-13-11-14-9-6-5-7-10-14/h5-7,9-10H,2-4,8,11-13,15H2,1H3. The summed E-state index contributed by atoms with van der Waals surface area (Å²) < 4.78 is 0. The minimum absolute atomic E-state index is 0.240. The second-order valence-electron chi connectivity index (χ2n) is 4.36. The van der Waals surface area contributed by atoms with Gasteiger partial charge in [0, 0.05) is 9.52 Å². The van der Waals surface area contributed by atoms with Crippen LogP contribution < -0.4 is 0 Å². The van der Waals surface area contributed by atoms with Gasteiger partial charge in [0.25, 0.3) is 0 Å². The molecule has 0 heterocycles. The van der Waals surface area contributed by atoms with Gasteiger partial charge in [-0.3, -0.25) is 0 Å². The van der Waals surface area contributed by atoms with Crippen molar-refractivity contribution in [2.24, 2.45) is 0 Å². The fraction of sp³-hybridized carbons (Fsp3) is 0.571.